The zero-order chi connectivity index (χ0) is 25.8. The Morgan fingerprint density at radius 1 is 1.14 bits per heavy atom. The molecule has 1 fully saturated rings. The fourth-order valence-corrected chi connectivity index (χ4v) is 4.99. The molecule has 4 rings (SSSR count). The van der Waals surface area contributed by atoms with Gasteiger partial charge in [-0.1, -0.05) is 65.1 Å². The normalized spacial score (nSPS) is 14.9. The smallest absolute Gasteiger partial charge is 0.407 e. The minimum Gasteiger partial charge on any atom is -0.481 e. The second kappa shape index (κ2) is 11.7. The number of carbonyl (C=O) groups is 2. The van der Waals surface area contributed by atoms with Gasteiger partial charge in [0, 0.05) is 40.2 Å². The largest absolute Gasteiger partial charge is 0.481 e. The maximum Gasteiger partial charge on any atom is 0.407 e. The Morgan fingerprint density at radius 3 is 2.53 bits per heavy atom. The van der Waals surface area contributed by atoms with E-state index in [-0.39, 0.29) is 31.0 Å². The van der Waals surface area contributed by atoms with E-state index in [1.807, 2.05) is 36.4 Å². The van der Waals surface area contributed by atoms with Gasteiger partial charge in [-0.2, -0.15) is 0 Å². The first kappa shape index (κ1) is 26.5. The first-order valence-corrected chi connectivity index (χ1v) is 12.9. The van der Waals surface area contributed by atoms with Gasteiger partial charge in [0.1, 0.15) is 6.61 Å². The Morgan fingerprint density at radius 2 is 1.83 bits per heavy atom. The Hall–Kier alpha value is -2.52. The second-order valence-corrected chi connectivity index (χ2v) is 10.0. The number of halogens is 4. The highest BCUT2D eigenvalue weighted by Gasteiger charge is 2.22. The van der Waals surface area contributed by atoms with Gasteiger partial charge in [-0.15, -0.1) is 0 Å². The monoisotopic (exact) mass is 611 g/mol. The van der Waals surface area contributed by atoms with Crippen LogP contribution in [0.2, 0.25) is 15.1 Å². The molecule has 0 radical (unpaired) electrons. The maximum atomic E-state index is 12.1. The van der Waals surface area contributed by atoms with Crippen LogP contribution in [0.15, 0.2) is 46.9 Å². The van der Waals surface area contributed by atoms with Crippen LogP contribution in [-0.2, 0) is 16.1 Å². The molecule has 188 valence electrons. The number of benzene rings is 2. The third-order valence-electron chi connectivity index (χ3n) is 5.67. The molecule has 0 saturated carbocycles. The van der Waals surface area contributed by atoms with Gasteiger partial charge in [0.05, 0.1) is 33.4 Å². The van der Waals surface area contributed by atoms with Crippen molar-refractivity contribution in [3.05, 3.63) is 67.6 Å². The summed E-state index contributed by atoms with van der Waals surface area (Å²) in [7, 11) is 1.45. The number of pyridine rings is 1. The van der Waals surface area contributed by atoms with Gasteiger partial charge >= 0.3 is 6.09 Å². The van der Waals surface area contributed by atoms with E-state index in [1.54, 1.807) is 6.07 Å². The molecule has 0 spiro atoms. The van der Waals surface area contributed by atoms with Crippen LogP contribution in [0.25, 0.3) is 22.4 Å². The van der Waals surface area contributed by atoms with Crippen molar-refractivity contribution in [1.82, 2.24) is 15.6 Å². The number of nitrogens with zero attached hydrogens (tertiary/aromatic N) is 1. The molecular weight excluding hydrogens is 593 g/mol. The predicted octanol–water partition coefficient (Wildman–Crippen LogP) is 6.65. The van der Waals surface area contributed by atoms with Crippen LogP contribution in [0.3, 0.4) is 0 Å². The summed E-state index contributed by atoms with van der Waals surface area (Å²) in [6, 6.07) is 12.7. The van der Waals surface area contributed by atoms with Gasteiger partial charge < -0.3 is 20.1 Å². The van der Waals surface area contributed by atoms with Gasteiger partial charge in [-0.25, -0.2) is 9.78 Å². The fourth-order valence-electron chi connectivity index (χ4n) is 3.83. The minimum atomic E-state index is -0.639. The van der Waals surface area contributed by atoms with Crippen LogP contribution in [0, 0.1) is 0 Å². The van der Waals surface area contributed by atoms with Crippen molar-refractivity contribution >= 4 is 62.7 Å². The van der Waals surface area contributed by atoms with Crippen LogP contribution >= 0.6 is 50.7 Å². The first-order valence-electron chi connectivity index (χ1n) is 10.9. The molecule has 0 aliphatic carbocycles. The average Bonchev–Trinajstić information content (AvgIpc) is 3.28. The number of alkyl carbamates (subject to hydrolysis) is 1. The number of rotatable bonds is 7. The number of methoxy groups -OCH3 is 1. The lowest BCUT2D eigenvalue weighted by molar-refractivity contribution is -0.119. The molecule has 0 bridgehead atoms. The molecule has 2 heterocycles. The third kappa shape index (κ3) is 5.89. The number of hydrogen-bond donors (Lipinski definition) is 2. The van der Waals surface area contributed by atoms with E-state index in [1.165, 1.54) is 7.11 Å². The molecule has 2 N–H and O–H groups in total. The molecule has 1 aliphatic rings. The lowest BCUT2D eigenvalue weighted by Gasteiger charge is -2.15. The summed E-state index contributed by atoms with van der Waals surface area (Å²) in [5.41, 5.74) is 3.04. The van der Waals surface area contributed by atoms with Crippen LogP contribution in [-0.4, -0.2) is 36.7 Å². The Kier molecular flexibility index (Phi) is 8.62. The van der Waals surface area contributed by atoms with E-state index < -0.39 is 6.09 Å². The maximum absolute atomic E-state index is 12.1. The molecule has 1 unspecified atom stereocenters. The molecule has 36 heavy (non-hydrogen) atoms. The van der Waals surface area contributed by atoms with E-state index >= 15 is 0 Å². The van der Waals surface area contributed by atoms with E-state index in [4.69, 9.17) is 44.3 Å². The van der Waals surface area contributed by atoms with E-state index in [0.29, 0.717) is 44.7 Å². The zero-order valence-corrected chi connectivity index (χ0v) is 22.9. The van der Waals surface area contributed by atoms with Gasteiger partial charge in [0.2, 0.25) is 11.8 Å². The van der Waals surface area contributed by atoms with E-state index in [9.17, 15) is 9.59 Å². The molecule has 2 amide bonds. The molecule has 1 aliphatic heterocycles. The average molecular weight is 614 g/mol. The van der Waals surface area contributed by atoms with Crippen LogP contribution in [0.5, 0.6) is 5.88 Å². The van der Waals surface area contributed by atoms with Crippen molar-refractivity contribution in [3.63, 3.8) is 0 Å². The lowest BCUT2D eigenvalue weighted by atomic mass is 10.0. The van der Waals surface area contributed by atoms with Gasteiger partial charge in [-0.3, -0.25) is 4.79 Å². The van der Waals surface area contributed by atoms with Gasteiger partial charge in [-0.05, 0) is 34.5 Å². The third-order valence-corrected chi connectivity index (χ3v) is 7.71. The molecule has 1 atom stereocenters. The van der Waals surface area contributed by atoms with Crippen molar-refractivity contribution in [3.8, 4) is 28.3 Å². The minimum absolute atomic E-state index is 0.0248. The Labute approximate surface area is 231 Å². The summed E-state index contributed by atoms with van der Waals surface area (Å²) in [6.45, 7) is 0.128. The highest BCUT2D eigenvalue weighted by Crippen LogP contribution is 2.42. The van der Waals surface area contributed by atoms with Crippen LogP contribution in [0.4, 0.5) is 4.79 Å². The van der Waals surface area contributed by atoms with Crippen molar-refractivity contribution in [1.29, 1.82) is 0 Å². The van der Waals surface area contributed by atoms with Crippen molar-refractivity contribution < 1.29 is 19.1 Å². The van der Waals surface area contributed by atoms with Gasteiger partial charge in [0.15, 0.2) is 0 Å². The van der Waals surface area contributed by atoms with Gasteiger partial charge in [0.25, 0.3) is 0 Å². The summed E-state index contributed by atoms with van der Waals surface area (Å²) < 4.78 is 11.5. The first-order chi connectivity index (χ1) is 17.3. The fraction of sp³-hybridized carbons (Fsp3) is 0.240. The highest BCUT2D eigenvalue weighted by atomic mass is 79.9. The highest BCUT2D eigenvalue weighted by molar-refractivity contribution is 9.10. The zero-order valence-electron chi connectivity index (χ0n) is 19.0. The second-order valence-electron chi connectivity index (χ2n) is 8.01. The Bertz CT molecular complexity index is 1320. The van der Waals surface area contributed by atoms with Crippen LogP contribution in [0.1, 0.15) is 18.4 Å². The summed E-state index contributed by atoms with van der Waals surface area (Å²) >= 11 is 23.3. The molecular formula is C25H21BrCl3N3O4. The van der Waals surface area contributed by atoms with Crippen molar-refractivity contribution in [2.24, 2.45) is 0 Å². The van der Waals surface area contributed by atoms with Crippen molar-refractivity contribution in [2.75, 3.05) is 13.7 Å². The molecule has 2 aromatic carbocycles. The number of amides is 2. The number of aromatic nitrogens is 1. The summed E-state index contributed by atoms with van der Waals surface area (Å²) in [6.07, 6.45) is 0.483. The van der Waals surface area contributed by atoms with E-state index in [2.05, 4.69) is 31.5 Å². The molecule has 11 heteroatoms. The number of carbonyl (C=O) groups excluding carboxylic acids is 2. The summed E-state index contributed by atoms with van der Waals surface area (Å²) in [4.78, 5) is 28.0. The SMILES string of the molecule is COc1nc(-c2cccc(-c3cccc(Br)c3Cl)c2Cl)cc(Cl)c1COC(=O)NCC1CCC(=O)N1. The molecule has 1 saturated heterocycles. The lowest BCUT2D eigenvalue weighted by Crippen LogP contribution is -2.38. The number of hydrogen-bond acceptors (Lipinski definition) is 5. The Balaban J connectivity index is 1.54. The quantitative estimate of drug-likeness (QED) is 0.312. The van der Waals surface area contributed by atoms with E-state index in [0.717, 1.165) is 15.6 Å². The topological polar surface area (TPSA) is 89.6 Å². The standard InChI is InChI=1S/C25H21BrCl3N3O4/c1-35-24-17(12-36-25(34)30-11-13-8-9-21(33)31-13)19(27)10-20(32-24)16-6-2-4-14(22(16)28)15-5-3-7-18(26)23(15)29/h2-7,10,13H,8-9,11-12H2,1H3,(H,30,34)(H,31,33). The summed E-state index contributed by atoms with van der Waals surface area (Å²) in [5, 5.41) is 6.70. The molecule has 1 aromatic heterocycles. The number of nitrogens with one attached hydrogen (secondary N) is 2. The van der Waals surface area contributed by atoms with Crippen molar-refractivity contribution in [2.45, 2.75) is 25.5 Å². The molecule has 7 nitrogen and oxygen atoms in total. The number of ether oxygens (including phenoxy) is 2. The molecule has 3 aromatic rings. The predicted molar refractivity (Wildman–Crippen MR) is 144 cm³/mol. The summed E-state index contributed by atoms with van der Waals surface area (Å²) in [5.74, 6) is 0.179. The van der Waals surface area contributed by atoms with Crippen LogP contribution < -0.4 is 15.4 Å².